The van der Waals surface area contributed by atoms with E-state index in [0.717, 1.165) is 35.5 Å². The van der Waals surface area contributed by atoms with Crippen LogP contribution < -0.4 is 5.32 Å². The number of carbonyl (C=O) groups excluding carboxylic acids is 1. The summed E-state index contributed by atoms with van der Waals surface area (Å²) in [6.45, 7) is 10.7. The molecule has 0 aliphatic heterocycles. The molecule has 0 bridgehead atoms. The van der Waals surface area contributed by atoms with E-state index in [4.69, 9.17) is 0 Å². The van der Waals surface area contributed by atoms with E-state index in [1.807, 2.05) is 18.5 Å². The predicted octanol–water partition coefficient (Wildman–Crippen LogP) is 4.19. The third-order valence-electron chi connectivity index (χ3n) is 3.59. The number of aromatic nitrogens is 2. The van der Waals surface area contributed by atoms with Crippen LogP contribution in [0.1, 0.15) is 54.2 Å². The van der Waals surface area contributed by atoms with E-state index in [1.165, 1.54) is 4.88 Å². The van der Waals surface area contributed by atoms with E-state index in [2.05, 4.69) is 45.0 Å². The zero-order valence-corrected chi connectivity index (χ0v) is 15.1. The van der Waals surface area contributed by atoms with Crippen molar-refractivity contribution in [2.75, 3.05) is 5.32 Å². The molecule has 0 aromatic carbocycles. The molecule has 0 unspecified atom stereocenters. The first-order valence-corrected chi connectivity index (χ1v) is 8.50. The molecule has 0 aliphatic rings. The van der Waals surface area contributed by atoms with Crippen LogP contribution in [0.5, 0.6) is 0 Å². The number of nitrogens with one attached hydrogen (secondary N) is 1. The second-order valence-corrected chi connectivity index (χ2v) is 7.96. The summed E-state index contributed by atoms with van der Waals surface area (Å²) in [5, 5.41) is 9.42. The van der Waals surface area contributed by atoms with Crippen LogP contribution in [-0.2, 0) is 19.9 Å². The fourth-order valence-electron chi connectivity index (χ4n) is 2.57. The summed E-state index contributed by atoms with van der Waals surface area (Å²) < 4.78 is 1.74. The van der Waals surface area contributed by atoms with Gasteiger partial charge in [-0.3, -0.25) is 9.48 Å². The molecule has 0 saturated carbocycles. The van der Waals surface area contributed by atoms with Crippen molar-refractivity contribution in [1.82, 2.24) is 9.78 Å². The first-order chi connectivity index (χ1) is 10.2. The van der Waals surface area contributed by atoms with E-state index >= 15 is 0 Å². The van der Waals surface area contributed by atoms with E-state index in [1.54, 1.807) is 16.0 Å². The highest BCUT2D eigenvalue weighted by Gasteiger charge is 2.18. The Hall–Kier alpha value is -1.62. The Balaban J connectivity index is 2.18. The highest BCUT2D eigenvalue weighted by atomic mass is 32.1. The molecule has 4 nitrogen and oxygen atoms in total. The van der Waals surface area contributed by atoms with Crippen molar-refractivity contribution in [2.45, 2.75) is 47.5 Å². The highest BCUT2D eigenvalue weighted by Crippen LogP contribution is 2.25. The van der Waals surface area contributed by atoms with Gasteiger partial charge in [-0.05, 0) is 30.7 Å². The molecule has 1 amide bonds. The van der Waals surface area contributed by atoms with Gasteiger partial charge in [0.05, 0.1) is 11.3 Å². The summed E-state index contributed by atoms with van der Waals surface area (Å²) in [7, 11) is 1.86. The van der Waals surface area contributed by atoms with Gasteiger partial charge in [0.15, 0.2) is 0 Å². The normalized spacial score (nSPS) is 11.7. The fourth-order valence-corrected chi connectivity index (χ4v) is 3.51. The first kappa shape index (κ1) is 16.7. The third-order valence-corrected chi connectivity index (χ3v) is 4.54. The number of hydrogen-bond donors (Lipinski definition) is 1. The second-order valence-electron chi connectivity index (χ2n) is 6.87. The van der Waals surface area contributed by atoms with Gasteiger partial charge in [0.1, 0.15) is 5.82 Å². The Labute approximate surface area is 136 Å². The van der Waals surface area contributed by atoms with E-state index in [0.29, 0.717) is 0 Å². The number of nitrogens with zero attached hydrogens (tertiary/aromatic N) is 2. The molecular formula is C17H25N3OS. The topological polar surface area (TPSA) is 46.9 Å². The average Bonchev–Trinajstić information content (AvgIpc) is 2.91. The lowest BCUT2D eigenvalue weighted by molar-refractivity contribution is 0.102. The van der Waals surface area contributed by atoms with E-state index in [-0.39, 0.29) is 11.3 Å². The minimum absolute atomic E-state index is 0.0495. The zero-order chi connectivity index (χ0) is 16.5. The van der Waals surface area contributed by atoms with Crippen LogP contribution in [0, 0.1) is 12.3 Å². The van der Waals surface area contributed by atoms with Gasteiger partial charge in [0, 0.05) is 23.4 Å². The lowest BCUT2D eigenvalue weighted by atomic mass is 9.91. The molecule has 2 heterocycles. The van der Waals surface area contributed by atoms with Crippen molar-refractivity contribution in [3.05, 3.63) is 33.1 Å². The Morgan fingerprint density at radius 3 is 2.68 bits per heavy atom. The molecule has 1 N–H and O–H groups in total. The Morgan fingerprint density at radius 1 is 1.41 bits per heavy atom. The summed E-state index contributed by atoms with van der Waals surface area (Å²) in [5.74, 6) is 0.696. The maximum absolute atomic E-state index is 12.5. The summed E-state index contributed by atoms with van der Waals surface area (Å²) in [6, 6.07) is 1.97. The number of aryl methyl sites for hydroxylation is 2. The molecule has 0 radical (unpaired) electrons. The molecule has 22 heavy (non-hydrogen) atoms. The van der Waals surface area contributed by atoms with Crippen LogP contribution in [0.2, 0.25) is 0 Å². The van der Waals surface area contributed by atoms with Crippen LogP contribution in [0.25, 0.3) is 0 Å². The molecule has 2 aromatic rings. The molecule has 0 spiro atoms. The lowest BCUT2D eigenvalue weighted by Crippen LogP contribution is -2.15. The minimum Gasteiger partial charge on any atom is -0.307 e. The third kappa shape index (κ3) is 3.77. The number of carbonyl (C=O) groups is 1. The van der Waals surface area contributed by atoms with Crippen molar-refractivity contribution in [3.63, 3.8) is 0 Å². The predicted molar refractivity (Wildman–Crippen MR) is 92.8 cm³/mol. The summed E-state index contributed by atoms with van der Waals surface area (Å²) >= 11 is 1.63. The number of amides is 1. The van der Waals surface area contributed by atoms with Gasteiger partial charge in [0.25, 0.3) is 5.91 Å². The molecular weight excluding hydrogens is 294 g/mol. The van der Waals surface area contributed by atoms with Gasteiger partial charge in [0.2, 0.25) is 0 Å². The monoisotopic (exact) mass is 319 g/mol. The fraction of sp³-hybridized carbons (Fsp3) is 0.529. The second kappa shape index (κ2) is 6.24. The summed E-state index contributed by atoms with van der Waals surface area (Å²) in [5.41, 5.74) is 3.10. The quantitative estimate of drug-likeness (QED) is 0.918. The number of hydrogen-bond acceptors (Lipinski definition) is 3. The van der Waals surface area contributed by atoms with Crippen molar-refractivity contribution in [2.24, 2.45) is 12.5 Å². The molecule has 2 aromatic heterocycles. The Kier molecular flexibility index (Phi) is 4.75. The maximum atomic E-state index is 12.5. The van der Waals surface area contributed by atoms with Crippen LogP contribution in [0.15, 0.2) is 11.4 Å². The van der Waals surface area contributed by atoms with Gasteiger partial charge >= 0.3 is 0 Å². The zero-order valence-electron chi connectivity index (χ0n) is 14.3. The average molecular weight is 319 g/mol. The van der Waals surface area contributed by atoms with Crippen LogP contribution >= 0.6 is 11.3 Å². The van der Waals surface area contributed by atoms with Crippen LogP contribution in [0.3, 0.4) is 0 Å². The SMILES string of the molecule is CCc1c(C(=O)Nc2cc(CC(C)(C)C)nn2C)csc1C. The van der Waals surface area contributed by atoms with E-state index < -0.39 is 0 Å². The number of thiophene rings is 1. The van der Waals surface area contributed by atoms with Gasteiger partial charge in [-0.15, -0.1) is 11.3 Å². The van der Waals surface area contributed by atoms with Crippen molar-refractivity contribution in [3.8, 4) is 0 Å². The standard InChI is InChI=1S/C17H25N3OS/c1-7-13-11(2)22-10-14(13)16(21)18-15-8-12(19-20(15)6)9-17(3,4)5/h8,10H,7,9H2,1-6H3,(H,18,21). The molecule has 120 valence electrons. The Morgan fingerprint density at radius 2 is 2.09 bits per heavy atom. The van der Waals surface area contributed by atoms with E-state index in [9.17, 15) is 4.79 Å². The summed E-state index contributed by atoms with van der Waals surface area (Å²) in [6.07, 6.45) is 1.76. The number of rotatable bonds is 4. The summed E-state index contributed by atoms with van der Waals surface area (Å²) in [4.78, 5) is 13.7. The van der Waals surface area contributed by atoms with Gasteiger partial charge in [-0.1, -0.05) is 27.7 Å². The van der Waals surface area contributed by atoms with Gasteiger partial charge < -0.3 is 5.32 Å². The largest absolute Gasteiger partial charge is 0.307 e. The maximum Gasteiger partial charge on any atom is 0.257 e. The lowest BCUT2D eigenvalue weighted by Gasteiger charge is -2.15. The van der Waals surface area contributed by atoms with Crippen LogP contribution in [0.4, 0.5) is 5.82 Å². The van der Waals surface area contributed by atoms with Crippen molar-refractivity contribution >= 4 is 23.1 Å². The highest BCUT2D eigenvalue weighted by molar-refractivity contribution is 7.10. The van der Waals surface area contributed by atoms with Gasteiger partial charge in [-0.2, -0.15) is 5.10 Å². The first-order valence-electron chi connectivity index (χ1n) is 7.62. The van der Waals surface area contributed by atoms with Crippen molar-refractivity contribution < 1.29 is 4.79 Å². The molecule has 0 fully saturated rings. The molecule has 2 rings (SSSR count). The number of anilines is 1. The molecule has 0 atom stereocenters. The molecule has 5 heteroatoms. The van der Waals surface area contributed by atoms with Crippen molar-refractivity contribution in [1.29, 1.82) is 0 Å². The van der Waals surface area contributed by atoms with Gasteiger partial charge in [-0.25, -0.2) is 0 Å². The van der Waals surface area contributed by atoms with Crippen LogP contribution in [-0.4, -0.2) is 15.7 Å². The minimum atomic E-state index is -0.0495. The molecule has 0 saturated heterocycles. The smallest absolute Gasteiger partial charge is 0.257 e. The Bertz CT molecular complexity index is 677. The molecule has 0 aliphatic carbocycles.